The van der Waals surface area contributed by atoms with Crippen LogP contribution < -0.4 is 0 Å². The van der Waals surface area contributed by atoms with Gasteiger partial charge in [-0.05, 0) is 48.4 Å². The van der Waals surface area contributed by atoms with Gasteiger partial charge in [-0.15, -0.1) is 0 Å². The summed E-state index contributed by atoms with van der Waals surface area (Å²) in [6.07, 6.45) is 5.17. The van der Waals surface area contributed by atoms with Crippen molar-refractivity contribution in [1.82, 2.24) is 9.97 Å². The van der Waals surface area contributed by atoms with Gasteiger partial charge in [-0.1, -0.05) is 49.7 Å². The molecule has 3 aromatic rings. The van der Waals surface area contributed by atoms with Crippen molar-refractivity contribution in [2.75, 3.05) is 0 Å². The van der Waals surface area contributed by atoms with Gasteiger partial charge in [0.25, 0.3) is 0 Å². The third-order valence-electron chi connectivity index (χ3n) is 4.96. The number of fused-ring (bicyclic) bond motifs is 1. The van der Waals surface area contributed by atoms with Crippen LogP contribution in [-0.4, -0.2) is 9.97 Å². The number of rotatable bonds is 2. The summed E-state index contributed by atoms with van der Waals surface area (Å²) in [7, 11) is 0. The fourth-order valence-electron chi connectivity index (χ4n) is 3.71. The van der Waals surface area contributed by atoms with E-state index in [1.165, 1.54) is 23.2 Å². The number of H-pyrrole nitrogens is 1. The lowest BCUT2D eigenvalue weighted by molar-refractivity contribution is 0.312. The molecule has 0 saturated carbocycles. The average molecular weight is 337 g/mol. The summed E-state index contributed by atoms with van der Waals surface area (Å²) in [4.78, 5) is 8.25. The van der Waals surface area contributed by atoms with E-state index in [0.717, 1.165) is 34.8 Å². The molecule has 1 aromatic carbocycles. The molecule has 0 fully saturated rings. The van der Waals surface area contributed by atoms with Crippen LogP contribution in [0.3, 0.4) is 0 Å². The lowest BCUT2D eigenvalue weighted by Gasteiger charge is -2.29. The van der Waals surface area contributed by atoms with Crippen molar-refractivity contribution in [3.63, 3.8) is 0 Å². The van der Waals surface area contributed by atoms with Gasteiger partial charge >= 0.3 is 0 Å². The van der Waals surface area contributed by atoms with Crippen LogP contribution in [0.5, 0.6) is 0 Å². The Hall–Kier alpha value is -2.06. The smallest absolute Gasteiger partial charge is 0.0870 e. The number of hydrogen-bond donors (Lipinski definition) is 1. The first kappa shape index (κ1) is 15.5. The summed E-state index contributed by atoms with van der Waals surface area (Å²) in [5.74, 6) is 0. The van der Waals surface area contributed by atoms with E-state index in [1.54, 1.807) is 0 Å². The summed E-state index contributed by atoms with van der Waals surface area (Å²) < 4.78 is 0. The molecule has 2 nitrogen and oxygen atoms in total. The van der Waals surface area contributed by atoms with E-state index in [0.29, 0.717) is 5.41 Å². The van der Waals surface area contributed by atoms with Crippen LogP contribution in [0.15, 0.2) is 48.7 Å². The number of nitrogens with one attached hydrogen (secondary N) is 1. The molecule has 0 aliphatic heterocycles. The molecule has 0 atom stereocenters. The molecule has 0 unspecified atom stereocenters. The van der Waals surface area contributed by atoms with Gasteiger partial charge in [-0.25, -0.2) is 0 Å². The number of aromatic amines is 1. The number of benzene rings is 1. The van der Waals surface area contributed by atoms with Crippen LogP contribution in [-0.2, 0) is 12.8 Å². The van der Waals surface area contributed by atoms with Gasteiger partial charge in [0, 0.05) is 28.0 Å². The second-order valence-corrected chi connectivity index (χ2v) is 7.78. The first-order valence-corrected chi connectivity index (χ1v) is 8.83. The van der Waals surface area contributed by atoms with E-state index < -0.39 is 0 Å². The molecule has 2 aromatic heterocycles. The predicted octanol–water partition coefficient (Wildman–Crippen LogP) is 5.91. The highest BCUT2D eigenvalue weighted by Crippen LogP contribution is 2.45. The van der Waals surface area contributed by atoms with Crippen molar-refractivity contribution in [3.8, 4) is 22.5 Å². The maximum absolute atomic E-state index is 6.54. The topological polar surface area (TPSA) is 28.7 Å². The molecule has 1 N–H and O–H groups in total. The average Bonchev–Trinajstić information content (AvgIpc) is 2.93. The molecule has 4 rings (SSSR count). The van der Waals surface area contributed by atoms with Crippen LogP contribution in [0.25, 0.3) is 22.5 Å². The van der Waals surface area contributed by atoms with Crippen molar-refractivity contribution < 1.29 is 0 Å². The fraction of sp³-hybridized carbons (Fsp3) is 0.286. The third-order valence-corrected chi connectivity index (χ3v) is 5.29. The van der Waals surface area contributed by atoms with E-state index in [-0.39, 0.29) is 0 Å². The Balaban J connectivity index is 1.97. The zero-order valence-corrected chi connectivity index (χ0v) is 14.8. The number of hydrogen-bond acceptors (Lipinski definition) is 1. The predicted molar refractivity (Wildman–Crippen MR) is 100 cm³/mol. The first-order chi connectivity index (χ1) is 11.6. The van der Waals surface area contributed by atoms with E-state index in [2.05, 4.69) is 42.0 Å². The Morgan fingerprint density at radius 3 is 2.62 bits per heavy atom. The molecule has 0 amide bonds. The monoisotopic (exact) mass is 336 g/mol. The molecule has 1 aliphatic carbocycles. The van der Waals surface area contributed by atoms with Gasteiger partial charge in [-0.3, -0.25) is 4.98 Å². The number of pyridine rings is 1. The molecule has 24 heavy (non-hydrogen) atoms. The molecular formula is C21H21ClN2. The van der Waals surface area contributed by atoms with Crippen LogP contribution in [0.1, 0.15) is 31.5 Å². The van der Waals surface area contributed by atoms with E-state index >= 15 is 0 Å². The SMILES string of the molecule is CC1(C)CCc2c([nH]c(-c3ccccn3)c2-c2ccccc2Cl)C1. The zero-order valence-electron chi connectivity index (χ0n) is 14.1. The van der Waals surface area contributed by atoms with Crippen molar-refractivity contribution in [1.29, 1.82) is 0 Å². The summed E-state index contributed by atoms with van der Waals surface area (Å²) in [6, 6.07) is 14.1. The summed E-state index contributed by atoms with van der Waals surface area (Å²) in [5.41, 5.74) is 7.45. The summed E-state index contributed by atoms with van der Waals surface area (Å²) >= 11 is 6.54. The maximum atomic E-state index is 6.54. The van der Waals surface area contributed by atoms with E-state index in [9.17, 15) is 0 Å². The van der Waals surface area contributed by atoms with Gasteiger partial charge in [-0.2, -0.15) is 0 Å². The third kappa shape index (κ3) is 2.65. The van der Waals surface area contributed by atoms with E-state index in [4.69, 9.17) is 11.6 Å². The number of nitrogens with zero attached hydrogens (tertiary/aromatic N) is 1. The number of aromatic nitrogens is 2. The minimum absolute atomic E-state index is 0.330. The second-order valence-electron chi connectivity index (χ2n) is 7.37. The zero-order chi connectivity index (χ0) is 16.7. The summed E-state index contributed by atoms with van der Waals surface area (Å²) in [5, 5.41) is 0.793. The Morgan fingerprint density at radius 2 is 1.88 bits per heavy atom. The quantitative estimate of drug-likeness (QED) is 0.619. The van der Waals surface area contributed by atoms with Gasteiger partial charge in [0.15, 0.2) is 0 Å². The first-order valence-electron chi connectivity index (χ1n) is 8.45. The molecule has 0 spiro atoms. The van der Waals surface area contributed by atoms with Gasteiger partial charge < -0.3 is 4.98 Å². The highest BCUT2D eigenvalue weighted by Gasteiger charge is 2.31. The molecule has 122 valence electrons. The molecule has 2 heterocycles. The molecule has 3 heteroatoms. The Morgan fingerprint density at radius 1 is 1.08 bits per heavy atom. The molecule has 0 bridgehead atoms. The fourth-order valence-corrected chi connectivity index (χ4v) is 3.94. The van der Waals surface area contributed by atoms with Crippen LogP contribution in [0, 0.1) is 5.41 Å². The van der Waals surface area contributed by atoms with E-state index in [1.807, 2.05) is 30.5 Å². The minimum atomic E-state index is 0.330. The standard InChI is InChI=1S/C21H21ClN2/c1-21(2)11-10-15-18(13-21)24-20(17-9-5-6-12-23-17)19(15)14-7-3-4-8-16(14)22/h3-9,12,24H,10-11,13H2,1-2H3. The Kier molecular flexibility index (Phi) is 3.73. The minimum Gasteiger partial charge on any atom is -0.356 e. The largest absolute Gasteiger partial charge is 0.356 e. The van der Waals surface area contributed by atoms with Gasteiger partial charge in [0.05, 0.1) is 11.4 Å². The number of halogens is 1. The van der Waals surface area contributed by atoms with Crippen molar-refractivity contribution in [2.45, 2.75) is 33.1 Å². The van der Waals surface area contributed by atoms with Crippen LogP contribution >= 0.6 is 11.6 Å². The Bertz CT molecular complexity index is 878. The van der Waals surface area contributed by atoms with Crippen LogP contribution in [0.4, 0.5) is 0 Å². The highest BCUT2D eigenvalue weighted by atomic mass is 35.5. The maximum Gasteiger partial charge on any atom is 0.0870 e. The lowest BCUT2D eigenvalue weighted by atomic mass is 9.75. The molecule has 0 radical (unpaired) electrons. The van der Waals surface area contributed by atoms with Gasteiger partial charge in [0.2, 0.25) is 0 Å². The van der Waals surface area contributed by atoms with Crippen molar-refractivity contribution >= 4 is 11.6 Å². The molecule has 0 saturated heterocycles. The molecule has 1 aliphatic rings. The molecular weight excluding hydrogens is 316 g/mol. The lowest BCUT2D eigenvalue weighted by Crippen LogP contribution is -2.21. The highest BCUT2D eigenvalue weighted by molar-refractivity contribution is 6.33. The van der Waals surface area contributed by atoms with Crippen molar-refractivity contribution in [3.05, 3.63) is 64.9 Å². The Labute approximate surface area is 147 Å². The van der Waals surface area contributed by atoms with Crippen molar-refractivity contribution in [2.24, 2.45) is 5.41 Å². The normalized spacial score (nSPS) is 16.0. The van der Waals surface area contributed by atoms with Gasteiger partial charge in [0.1, 0.15) is 0 Å². The second kappa shape index (κ2) is 5.78. The van der Waals surface area contributed by atoms with Crippen LogP contribution in [0.2, 0.25) is 5.02 Å². The summed E-state index contributed by atoms with van der Waals surface area (Å²) in [6.45, 7) is 4.68.